The number of ether oxygens (including phenoxy) is 1. The SMILES string of the molecule is COC(=O)C(C)c1scnc1C. The molecule has 0 aliphatic heterocycles. The van der Waals surface area contributed by atoms with Gasteiger partial charge in [-0.15, -0.1) is 11.3 Å². The molecule has 1 aromatic heterocycles. The van der Waals surface area contributed by atoms with E-state index in [4.69, 9.17) is 0 Å². The van der Waals surface area contributed by atoms with Crippen LogP contribution in [-0.4, -0.2) is 18.1 Å². The zero-order valence-corrected chi connectivity index (χ0v) is 8.14. The van der Waals surface area contributed by atoms with Gasteiger partial charge in [0.25, 0.3) is 0 Å². The molecule has 0 aliphatic rings. The molecule has 0 aromatic carbocycles. The molecule has 0 saturated heterocycles. The Kier molecular flexibility index (Phi) is 2.81. The Labute approximate surface area is 75.4 Å². The van der Waals surface area contributed by atoms with Crippen LogP contribution in [0.3, 0.4) is 0 Å². The fraction of sp³-hybridized carbons (Fsp3) is 0.500. The summed E-state index contributed by atoms with van der Waals surface area (Å²) < 4.78 is 4.63. The maximum Gasteiger partial charge on any atom is 0.313 e. The number of thiazole rings is 1. The van der Waals surface area contributed by atoms with Gasteiger partial charge in [-0.1, -0.05) is 0 Å². The number of rotatable bonds is 2. The van der Waals surface area contributed by atoms with Gasteiger partial charge in [0, 0.05) is 4.88 Å². The van der Waals surface area contributed by atoms with Gasteiger partial charge in [-0.2, -0.15) is 0 Å². The molecular weight excluding hydrogens is 174 g/mol. The summed E-state index contributed by atoms with van der Waals surface area (Å²) >= 11 is 1.49. The third-order valence-corrected chi connectivity index (χ3v) is 2.84. The largest absolute Gasteiger partial charge is 0.469 e. The lowest BCUT2D eigenvalue weighted by Gasteiger charge is -2.06. The molecule has 0 saturated carbocycles. The minimum atomic E-state index is -0.206. The molecule has 0 amide bonds. The molecule has 1 aromatic rings. The fourth-order valence-electron chi connectivity index (χ4n) is 1.01. The van der Waals surface area contributed by atoms with Crippen LogP contribution in [0.4, 0.5) is 0 Å². The van der Waals surface area contributed by atoms with E-state index in [9.17, 15) is 4.79 Å². The Morgan fingerprint density at radius 3 is 2.83 bits per heavy atom. The third kappa shape index (κ3) is 1.64. The first-order valence-electron chi connectivity index (χ1n) is 3.64. The summed E-state index contributed by atoms with van der Waals surface area (Å²) in [6.45, 7) is 3.72. The smallest absolute Gasteiger partial charge is 0.313 e. The van der Waals surface area contributed by atoms with Gasteiger partial charge in [0.1, 0.15) is 0 Å². The normalized spacial score (nSPS) is 12.6. The second-order valence-electron chi connectivity index (χ2n) is 2.55. The van der Waals surface area contributed by atoms with Gasteiger partial charge in [0.2, 0.25) is 0 Å². The highest BCUT2D eigenvalue weighted by Gasteiger charge is 2.19. The molecule has 1 rings (SSSR count). The Hall–Kier alpha value is -0.900. The Bertz CT molecular complexity index is 282. The predicted octanol–water partition coefficient (Wildman–Crippen LogP) is 1.73. The van der Waals surface area contributed by atoms with Crippen molar-refractivity contribution in [2.45, 2.75) is 19.8 Å². The van der Waals surface area contributed by atoms with Crippen molar-refractivity contribution in [1.82, 2.24) is 4.98 Å². The summed E-state index contributed by atoms with van der Waals surface area (Å²) in [7, 11) is 1.40. The number of carbonyl (C=O) groups excluding carboxylic acids is 1. The van der Waals surface area contributed by atoms with Crippen molar-refractivity contribution in [1.29, 1.82) is 0 Å². The van der Waals surface area contributed by atoms with Crippen LogP contribution in [0, 0.1) is 6.92 Å². The van der Waals surface area contributed by atoms with E-state index < -0.39 is 0 Å². The standard InChI is InChI=1S/C8H11NO2S/c1-5(8(10)11-3)7-6(2)9-4-12-7/h4-5H,1-3H3. The van der Waals surface area contributed by atoms with Crippen LogP contribution in [0.25, 0.3) is 0 Å². The molecule has 4 heteroatoms. The van der Waals surface area contributed by atoms with E-state index in [-0.39, 0.29) is 11.9 Å². The predicted molar refractivity (Wildman–Crippen MR) is 47.3 cm³/mol. The number of aromatic nitrogens is 1. The maximum atomic E-state index is 11.1. The fourth-order valence-corrected chi connectivity index (χ4v) is 1.86. The van der Waals surface area contributed by atoms with Gasteiger partial charge in [0.05, 0.1) is 24.2 Å². The van der Waals surface area contributed by atoms with E-state index in [1.54, 1.807) is 5.51 Å². The molecule has 0 N–H and O–H groups in total. The van der Waals surface area contributed by atoms with Crippen LogP contribution in [0.5, 0.6) is 0 Å². The number of carbonyl (C=O) groups is 1. The quantitative estimate of drug-likeness (QED) is 0.659. The Morgan fingerprint density at radius 1 is 1.75 bits per heavy atom. The molecule has 0 fully saturated rings. The van der Waals surface area contributed by atoms with E-state index in [0.29, 0.717) is 0 Å². The second-order valence-corrected chi connectivity index (χ2v) is 3.43. The first kappa shape index (κ1) is 9.19. The molecular formula is C8H11NO2S. The topological polar surface area (TPSA) is 39.2 Å². The van der Waals surface area contributed by atoms with Crippen LogP contribution in [0.15, 0.2) is 5.51 Å². The van der Waals surface area contributed by atoms with Crippen molar-refractivity contribution in [2.75, 3.05) is 7.11 Å². The number of esters is 1. The Balaban J connectivity index is 2.84. The van der Waals surface area contributed by atoms with Gasteiger partial charge in [0.15, 0.2) is 0 Å². The lowest BCUT2D eigenvalue weighted by atomic mass is 10.1. The van der Waals surface area contributed by atoms with E-state index in [1.165, 1.54) is 18.4 Å². The summed E-state index contributed by atoms with van der Waals surface area (Å²) in [4.78, 5) is 16.2. The van der Waals surface area contributed by atoms with Gasteiger partial charge < -0.3 is 4.74 Å². The summed E-state index contributed by atoms with van der Waals surface area (Å²) in [5.41, 5.74) is 2.65. The molecule has 0 aliphatic carbocycles. The van der Waals surface area contributed by atoms with Gasteiger partial charge >= 0.3 is 5.97 Å². The van der Waals surface area contributed by atoms with Crippen molar-refractivity contribution in [2.24, 2.45) is 0 Å². The lowest BCUT2D eigenvalue weighted by molar-refractivity contribution is -0.141. The minimum Gasteiger partial charge on any atom is -0.469 e. The second kappa shape index (κ2) is 3.67. The molecule has 1 heterocycles. The summed E-state index contributed by atoms with van der Waals surface area (Å²) in [6, 6.07) is 0. The van der Waals surface area contributed by atoms with Crippen molar-refractivity contribution < 1.29 is 9.53 Å². The molecule has 66 valence electrons. The highest BCUT2D eigenvalue weighted by molar-refractivity contribution is 7.10. The number of hydrogen-bond donors (Lipinski definition) is 0. The molecule has 0 spiro atoms. The highest BCUT2D eigenvalue weighted by Crippen LogP contribution is 2.23. The van der Waals surface area contributed by atoms with Crippen LogP contribution in [0.2, 0.25) is 0 Å². The maximum absolute atomic E-state index is 11.1. The summed E-state index contributed by atoms with van der Waals surface area (Å²) in [5.74, 6) is -0.398. The first-order valence-corrected chi connectivity index (χ1v) is 4.52. The molecule has 12 heavy (non-hydrogen) atoms. The highest BCUT2D eigenvalue weighted by atomic mass is 32.1. The third-order valence-electron chi connectivity index (χ3n) is 1.73. The zero-order chi connectivity index (χ0) is 9.14. The van der Waals surface area contributed by atoms with E-state index in [0.717, 1.165) is 10.6 Å². The van der Waals surface area contributed by atoms with Crippen LogP contribution in [0.1, 0.15) is 23.4 Å². The van der Waals surface area contributed by atoms with E-state index >= 15 is 0 Å². The molecule has 3 nitrogen and oxygen atoms in total. The van der Waals surface area contributed by atoms with Crippen molar-refractivity contribution in [3.63, 3.8) is 0 Å². The van der Waals surface area contributed by atoms with Crippen LogP contribution < -0.4 is 0 Å². The Morgan fingerprint density at radius 2 is 2.42 bits per heavy atom. The molecule has 0 radical (unpaired) electrons. The minimum absolute atomic E-state index is 0.192. The molecule has 0 bridgehead atoms. The van der Waals surface area contributed by atoms with Crippen LogP contribution >= 0.6 is 11.3 Å². The first-order chi connectivity index (χ1) is 5.66. The molecule has 1 atom stereocenters. The number of nitrogens with zero attached hydrogens (tertiary/aromatic N) is 1. The lowest BCUT2D eigenvalue weighted by Crippen LogP contribution is -2.10. The van der Waals surface area contributed by atoms with Gasteiger partial charge in [-0.25, -0.2) is 4.98 Å². The average Bonchev–Trinajstić information content (AvgIpc) is 2.48. The van der Waals surface area contributed by atoms with E-state index in [1.807, 2.05) is 13.8 Å². The van der Waals surface area contributed by atoms with Crippen molar-refractivity contribution in [3.05, 3.63) is 16.1 Å². The van der Waals surface area contributed by atoms with Crippen molar-refractivity contribution >= 4 is 17.3 Å². The van der Waals surface area contributed by atoms with E-state index in [2.05, 4.69) is 9.72 Å². The van der Waals surface area contributed by atoms with Gasteiger partial charge in [-0.05, 0) is 13.8 Å². The van der Waals surface area contributed by atoms with Crippen molar-refractivity contribution in [3.8, 4) is 0 Å². The monoisotopic (exact) mass is 185 g/mol. The van der Waals surface area contributed by atoms with Gasteiger partial charge in [-0.3, -0.25) is 4.79 Å². The zero-order valence-electron chi connectivity index (χ0n) is 7.33. The number of methoxy groups -OCH3 is 1. The number of hydrogen-bond acceptors (Lipinski definition) is 4. The molecule has 1 unspecified atom stereocenters. The van der Waals surface area contributed by atoms with Crippen LogP contribution in [-0.2, 0) is 9.53 Å². The number of aryl methyl sites for hydroxylation is 1. The average molecular weight is 185 g/mol. The summed E-state index contributed by atoms with van der Waals surface area (Å²) in [6.07, 6.45) is 0. The summed E-state index contributed by atoms with van der Waals surface area (Å²) in [5, 5.41) is 0.